The Kier molecular flexibility index (Phi) is 14.8. The van der Waals surface area contributed by atoms with Crippen molar-refractivity contribution < 1.29 is 9.53 Å². The van der Waals surface area contributed by atoms with Crippen molar-refractivity contribution in [1.82, 2.24) is 4.90 Å². The average molecular weight is 565 g/mol. The Labute approximate surface area is 204 Å². The fourth-order valence-electron chi connectivity index (χ4n) is 4.63. The van der Waals surface area contributed by atoms with Gasteiger partial charge in [0.05, 0.1) is 0 Å². The van der Waals surface area contributed by atoms with Crippen molar-refractivity contribution in [2.45, 2.75) is 142 Å². The molecule has 0 bridgehead atoms. The Morgan fingerprint density at radius 3 is 1.58 bits per heavy atom. The normalized spacial score (nSPS) is 14.1. The predicted octanol–water partition coefficient (Wildman–Crippen LogP) is 9.13. The van der Waals surface area contributed by atoms with Gasteiger partial charge in [-0.05, 0) is 0 Å². The first-order valence-electron chi connectivity index (χ1n) is 12.9. The number of ether oxygens (including phenoxy) is 1. The van der Waals surface area contributed by atoms with Crippen LogP contribution in [0.5, 0.6) is 0 Å². The summed E-state index contributed by atoms with van der Waals surface area (Å²) in [7, 11) is 0. The van der Waals surface area contributed by atoms with E-state index >= 15 is 0 Å². The van der Waals surface area contributed by atoms with Crippen LogP contribution in [0.4, 0.5) is 4.79 Å². The third kappa shape index (κ3) is 12.5. The first-order valence-corrected chi connectivity index (χ1v) is 21.5. The molecule has 0 spiro atoms. The molecule has 5 heteroatoms. The van der Waals surface area contributed by atoms with Gasteiger partial charge < -0.3 is 0 Å². The Balaban J connectivity index is 6.37. The maximum atomic E-state index is 13.6. The molecule has 0 aliphatic carbocycles. The number of hydrogen-bond donors (Lipinski definition) is 0. The van der Waals surface area contributed by atoms with E-state index in [0.29, 0.717) is 9.98 Å². The van der Waals surface area contributed by atoms with Crippen LogP contribution in [0.2, 0.25) is 13.3 Å². The standard InChI is InChI=1S/C14H28NO2S.3C4H9.Sn/c1-11(2)9-15(10-18-14(6,7)8)12(16)17-13(3,4)5;3*1-3-4-2;/h9,11H,10H2,1-8H3;3*1,3-4H2,2H3;. The molecular weight excluding hydrogens is 509 g/mol. The van der Waals surface area contributed by atoms with Gasteiger partial charge >= 0.3 is 205 Å². The zero-order valence-corrected chi connectivity index (χ0v) is 26.6. The molecule has 0 rings (SSSR count). The maximum absolute atomic E-state index is 13.6. The van der Waals surface area contributed by atoms with Crippen LogP contribution in [0.3, 0.4) is 0 Å². The average Bonchev–Trinajstić information content (AvgIpc) is 2.62. The van der Waals surface area contributed by atoms with Gasteiger partial charge in [-0.2, -0.15) is 0 Å². The molecule has 186 valence electrons. The molecule has 3 nitrogen and oxygen atoms in total. The third-order valence-electron chi connectivity index (χ3n) is 5.94. The van der Waals surface area contributed by atoms with E-state index in [9.17, 15) is 4.79 Å². The summed E-state index contributed by atoms with van der Waals surface area (Å²) < 4.78 is 10.8. The summed E-state index contributed by atoms with van der Waals surface area (Å²) in [6, 6.07) is 0. The molecule has 0 N–H and O–H groups in total. The number of amides is 1. The first-order chi connectivity index (χ1) is 14.2. The summed E-state index contributed by atoms with van der Waals surface area (Å²) in [6.45, 7) is 24.4. The van der Waals surface area contributed by atoms with E-state index in [1.807, 2.05) is 32.5 Å². The molecule has 0 aliphatic rings. The second-order valence-electron chi connectivity index (χ2n) is 11.7. The van der Waals surface area contributed by atoms with Gasteiger partial charge in [-0.25, -0.2) is 0 Å². The van der Waals surface area contributed by atoms with Crippen LogP contribution in [-0.2, 0) is 4.74 Å². The molecular formula is C26H55NO2SSn. The van der Waals surface area contributed by atoms with Crippen LogP contribution in [0.15, 0.2) is 0 Å². The van der Waals surface area contributed by atoms with E-state index in [1.165, 1.54) is 51.8 Å². The van der Waals surface area contributed by atoms with Crippen molar-refractivity contribution in [3.63, 3.8) is 0 Å². The topological polar surface area (TPSA) is 29.5 Å². The summed E-state index contributed by atoms with van der Waals surface area (Å²) in [6.07, 6.45) is 7.64. The fraction of sp³-hybridized carbons (Fsp3) is 0.962. The van der Waals surface area contributed by atoms with Crippen molar-refractivity contribution in [3.8, 4) is 0 Å². The zero-order chi connectivity index (χ0) is 24.3. The number of rotatable bonds is 14. The Bertz CT molecular complexity index is 475. The molecule has 1 amide bonds. The van der Waals surface area contributed by atoms with E-state index in [2.05, 4.69) is 60.3 Å². The summed E-state index contributed by atoms with van der Waals surface area (Å²) in [5, 5.41) is 0. The van der Waals surface area contributed by atoms with Crippen molar-refractivity contribution in [3.05, 3.63) is 0 Å². The molecule has 31 heavy (non-hydrogen) atoms. The molecule has 0 aromatic rings. The number of unbranched alkanes of at least 4 members (excludes halogenated alkanes) is 3. The minimum absolute atomic E-state index is 0.0893. The van der Waals surface area contributed by atoms with Gasteiger partial charge in [0.1, 0.15) is 0 Å². The Morgan fingerprint density at radius 2 is 1.29 bits per heavy atom. The third-order valence-corrected chi connectivity index (χ3v) is 25.1. The summed E-state index contributed by atoms with van der Waals surface area (Å²) >= 11 is -0.819. The molecule has 1 atom stereocenters. The molecule has 0 saturated carbocycles. The summed E-state index contributed by atoms with van der Waals surface area (Å²) in [5.74, 6) is 1.22. The molecule has 1 unspecified atom stereocenters. The first kappa shape index (κ1) is 31.4. The van der Waals surface area contributed by atoms with Gasteiger partial charge in [-0.3, -0.25) is 0 Å². The Hall–Kier alpha value is 0.419. The van der Waals surface area contributed by atoms with Gasteiger partial charge in [0.15, 0.2) is 0 Å². The van der Waals surface area contributed by atoms with Crippen LogP contribution in [0, 0.1) is 5.92 Å². The van der Waals surface area contributed by atoms with E-state index in [0.717, 1.165) is 5.88 Å². The summed E-state index contributed by atoms with van der Waals surface area (Å²) in [5.41, 5.74) is -0.461. The number of nitrogens with zero attached hydrogens (tertiary/aromatic N) is 1. The summed E-state index contributed by atoms with van der Waals surface area (Å²) in [4.78, 5) is 15.8. The van der Waals surface area contributed by atoms with Crippen molar-refractivity contribution in [1.29, 1.82) is 0 Å². The van der Waals surface area contributed by atoms with Crippen LogP contribution >= 0.6 is 11.8 Å². The van der Waals surface area contributed by atoms with Gasteiger partial charge in [0.2, 0.25) is 0 Å². The number of hydrogen-bond acceptors (Lipinski definition) is 3. The van der Waals surface area contributed by atoms with Gasteiger partial charge in [-0.1, -0.05) is 0 Å². The zero-order valence-electron chi connectivity index (χ0n) is 22.9. The van der Waals surface area contributed by atoms with E-state index in [-0.39, 0.29) is 10.8 Å². The van der Waals surface area contributed by atoms with Crippen LogP contribution < -0.4 is 0 Å². The molecule has 0 heterocycles. The van der Waals surface area contributed by atoms with Crippen LogP contribution in [0.25, 0.3) is 0 Å². The monoisotopic (exact) mass is 565 g/mol. The van der Waals surface area contributed by atoms with Crippen molar-refractivity contribution >= 4 is 36.2 Å². The van der Waals surface area contributed by atoms with Gasteiger partial charge in [-0.15, -0.1) is 0 Å². The molecule has 0 aliphatic heterocycles. The molecule has 0 aromatic heterocycles. The van der Waals surface area contributed by atoms with Crippen molar-refractivity contribution in [2.24, 2.45) is 5.92 Å². The number of carbonyl (C=O) groups excluding carboxylic acids is 1. The number of carbonyl (C=O) groups is 1. The quantitative estimate of drug-likeness (QED) is 0.156. The van der Waals surface area contributed by atoms with Gasteiger partial charge in [0.25, 0.3) is 0 Å². The van der Waals surface area contributed by atoms with E-state index in [1.54, 1.807) is 0 Å². The van der Waals surface area contributed by atoms with Gasteiger partial charge in [0, 0.05) is 0 Å². The van der Waals surface area contributed by atoms with E-state index < -0.39 is 24.0 Å². The fourth-order valence-corrected chi connectivity index (χ4v) is 26.0. The minimum atomic E-state index is -2.71. The molecule has 0 aromatic carbocycles. The SMILES string of the molecule is CCC[CH2][Sn]([CH2]CCC)([CH2]CCC)[CH](C(C)C)N(CSC(C)(C)C)C(=O)OC(C)(C)C. The number of thioether (sulfide) groups is 1. The molecule has 0 fully saturated rings. The molecule has 0 radical (unpaired) electrons. The second kappa shape index (κ2) is 14.6. The van der Waals surface area contributed by atoms with Crippen molar-refractivity contribution in [2.75, 3.05) is 5.88 Å². The molecule has 0 saturated heterocycles. The predicted molar refractivity (Wildman–Crippen MR) is 144 cm³/mol. The van der Waals surface area contributed by atoms with Crippen LogP contribution in [-0.4, -0.2) is 49.7 Å². The Morgan fingerprint density at radius 1 is 0.871 bits per heavy atom. The van der Waals surface area contributed by atoms with Crippen LogP contribution in [0.1, 0.15) is 115 Å². The second-order valence-corrected chi connectivity index (χ2v) is 27.2. The van der Waals surface area contributed by atoms with E-state index in [4.69, 9.17) is 4.74 Å².